The van der Waals surface area contributed by atoms with Gasteiger partial charge in [-0.05, 0) is 39.3 Å². The molecule has 18 heavy (non-hydrogen) atoms. The van der Waals surface area contributed by atoms with Crippen molar-refractivity contribution in [2.24, 2.45) is 0 Å². The number of hydrogen-bond donors (Lipinski definition) is 1. The Morgan fingerprint density at radius 1 is 1.39 bits per heavy atom. The summed E-state index contributed by atoms with van der Waals surface area (Å²) < 4.78 is 24.5. The Morgan fingerprint density at radius 3 is 2.72 bits per heavy atom. The fraction of sp³-hybridized carbons (Fsp3) is 0.571. The molecule has 0 saturated carbocycles. The van der Waals surface area contributed by atoms with E-state index in [0.717, 1.165) is 5.56 Å². The first-order chi connectivity index (χ1) is 8.40. The average molecular weight is 253 g/mol. The van der Waals surface area contributed by atoms with Crippen LogP contribution in [0.3, 0.4) is 0 Å². The molecule has 2 rings (SSSR count). The fourth-order valence-corrected chi connectivity index (χ4v) is 2.32. The lowest BCUT2D eigenvalue weighted by molar-refractivity contribution is 0.201. The molecule has 0 saturated heterocycles. The Bertz CT molecular complexity index is 440. The highest BCUT2D eigenvalue weighted by molar-refractivity contribution is 5.47. The van der Waals surface area contributed by atoms with Gasteiger partial charge in [0.2, 0.25) is 0 Å². The van der Waals surface area contributed by atoms with Crippen LogP contribution in [0.15, 0.2) is 12.1 Å². The summed E-state index contributed by atoms with van der Waals surface area (Å²) in [6, 6.07) is 3.21. The predicted molar refractivity (Wildman–Crippen MR) is 68.8 cm³/mol. The average Bonchev–Trinajstić information content (AvgIpc) is 2.27. The maximum atomic E-state index is 13.7. The summed E-state index contributed by atoms with van der Waals surface area (Å²) in [5.41, 5.74) is 0.817. The van der Waals surface area contributed by atoms with Gasteiger partial charge in [0, 0.05) is 17.1 Å². The van der Waals surface area contributed by atoms with Crippen molar-refractivity contribution < 1.29 is 13.9 Å². The molecule has 0 radical (unpaired) electrons. The molecule has 1 atom stereocenters. The first kappa shape index (κ1) is 13.1. The van der Waals surface area contributed by atoms with Crippen LogP contribution < -0.4 is 14.8 Å². The second-order valence-corrected chi connectivity index (χ2v) is 5.66. The molecule has 0 aromatic heterocycles. The number of ether oxygens (including phenoxy) is 2. The Labute approximate surface area is 107 Å². The molecule has 100 valence electrons. The van der Waals surface area contributed by atoms with Gasteiger partial charge in [0.05, 0.1) is 7.11 Å². The van der Waals surface area contributed by atoms with Crippen LogP contribution in [0, 0.1) is 5.82 Å². The molecule has 1 aliphatic rings. The molecule has 1 aromatic rings. The van der Waals surface area contributed by atoms with E-state index in [1.807, 2.05) is 0 Å². The zero-order chi connectivity index (χ0) is 13.3. The Hall–Kier alpha value is -1.29. The van der Waals surface area contributed by atoms with Crippen molar-refractivity contribution in [1.29, 1.82) is 0 Å². The van der Waals surface area contributed by atoms with Crippen LogP contribution in [-0.4, -0.2) is 25.3 Å². The molecule has 1 N–H and O–H groups in total. The van der Waals surface area contributed by atoms with Crippen LogP contribution in [0.1, 0.15) is 26.3 Å². The third kappa shape index (κ3) is 2.75. The number of fused-ring (bicyclic) bond motifs is 1. The summed E-state index contributed by atoms with van der Waals surface area (Å²) in [6.07, 6.45) is 0.716. The maximum absolute atomic E-state index is 13.7. The van der Waals surface area contributed by atoms with Gasteiger partial charge in [-0.2, -0.15) is 0 Å². The molecule has 0 bridgehead atoms. The number of benzene rings is 1. The van der Waals surface area contributed by atoms with Crippen molar-refractivity contribution in [1.82, 2.24) is 5.32 Å². The van der Waals surface area contributed by atoms with E-state index in [1.54, 1.807) is 13.2 Å². The number of nitrogens with one attached hydrogen (secondary N) is 1. The highest BCUT2D eigenvalue weighted by Crippen LogP contribution is 2.35. The monoisotopic (exact) mass is 253 g/mol. The standard InChI is InChI=1S/C14H20FNO2/c1-14(2,3)16-9-7-10-12(17-4)6-5-11(15)13(10)18-8-9/h5-6,9,16H,7-8H2,1-4H3/t9-/m1/s1. The lowest BCUT2D eigenvalue weighted by Gasteiger charge is -2.32. The Balaban J connectivity index is 2.25. The van der Waals surface area contributed by atoms with Crippen molar-refractivity contribution in [3.05, 3.63) is 23.5 Å². The molecular formula is C14H20FNO2. The van der Waals surface area contributed by atoms with E-state index in [9.17, 15) is 4.39 Å². The van der Waals surface area contributed by atoms with Crippen molar-refractivity contribution in [2.45, 2.75) is 38.8 Å². The smallest absolute Gasteiger partial charge is 0.165 e. The van der Waals surface area contributed by atoms with Gasteiger partial charge < -0.3 is 14.8 Å². The van der Waals surface area contributed by atoms with E-state index in [4.69, 9.17) is 9.47 Å². The Kier molecular flexibility index (Phi) is 3.48. The second kappa shape index (κ2) is 4.76. The van der Waals surface area contributed by atoms with Crippen molar-refractivity contribution in [2.75, 3.05) is 13.7 Å². The van der Waals surface area contributed by atoms with Crippen molar-refractivity contribution in [3.8, 4) is 11.5 Å². The summed E-state index contributed by atoms with van der Waals surface area (Å²) in [4.78, 5) is 0. The molecular weight excluding hydrogens is 233 g/mol. The van der Waals surface area contributed by atoms with E-state index in [0.29, 0.717) is 24.5 Å². The minimum Gasteiger partial charge on any atom is -0.496 e. The summed E-state index contributed by atoms with van der Waals surface area (Å²) in [5, 5.41) is 3.47. The molecule has 1 aliphatic heterocycles. The maximum Gasteiger partial charge on any atom is 0.165 e. The molecule has 4 heteroatoms. The van der Waals surface area contributed by atoms with Crippen LogP contribution in [0.2, 0.25) is 0 Å². The minimum atomic E-state index is -0.319. The van der Waals surface area contributed by atoms with Gasteiger partial charge in [0.1, 0.15) is 12.4 Å². The van der Waals surface area contributed by atoms with E-state index in [-0.39, 0.29) is 17.4 Å². The quantitative estimate of drug-likeness (QED) is 0.878. The van der Waals surface area contributed by atoms with E-state index >= 15 is 0 Å². The molecule has 1 aromatic carbocycles. The number of methoxy groups -OCH3 is 1. The van der Waals surface area contributed by atoms with Crippen LogP contribution in [0.25, 0.3) is 0 Å². The molecule has 3 nitrogen and oxygen atoms in total. The lowest BCUT2D eigenvalue weighted by Crippen LogP contribution is -2.49. The molecule has 0 spiro atoms. The highest BCUT2D eigenvalue weighted by Gasteiger charge is 2.27. The molecule has 0 aliphatic carbocycles. The number of rotatable bonds is 2. The van der Waals surface area contributed by atoms with Crippen molar-refractivity contribution in [3.63, 3.8) is 0 Å². The van der Waals surface area contributed by atoms with Crippen LogP contribution in [0.4, 0.5) is 4.39 Å². The minimum absolute atomic E-state index is 0.00604. The zero-order valence-corrected chi connectivity index (χ0v) is 11.3. The zero-order valence-electron chi connectivity index (χ0n) is 11.3. The van der Waals surface area contributed by atoms with Gasteiger partial charge in [0.25, 0.3) is 0 Å². The fourth-order valence-electron chi connectivity index (χ4n) is 2.32. The summed E-state index contributed by atoms with van der Waals surface area (Å²) in [5.74, 6) is 0.702. The molecule has 0 unspecified atom stereocenters. The van der Waals surface area contributed by atoms with Crippen LogP contribution in [-0.2, 0) is 6.42 Å². The second-order valence-electron chi connectivity index (χ2n) is 5.66. The first-order valence-electron chi connectivity index (χ1n) is 6.16. The molecule has 0 amide bonds. The SMILES string of the molecule is COc1ccc(F)c2c1C[C@@H](NC(C)(C)C)CO2. The van der Waals surface area contributed by atoms with Gasteiger partial charge in [-0.15, -0.1) is 0 Å². The normalized spacial score (nSPS) is 19.1. The van der Waals surface area contributed by atoms with Gasteiger partial charge in [0.15, 0.2) is 11.6 Å². The van der Waals surface area contributed by atoms with Crippen molar-refractivity contribution >= 4 is 0 Å². The third-order valence-electron chi connectivity index (χ3n) is 2.91. The van der Waals surface area contributed by atoms with Gasteiger partial charge in [-0.25, -0.2) is 4.39 Å². The van der Waals surface area contributed by atoms with E-state index in [1.165, 1.54) is 6.07 Å². The van der Waals surface area contributed by atoms with Gasteiger partial charge >= 0.3 is 0 Å². The van der Waals surface area contributed by atoms with E-state index in [2.05, 4.69) is 26.1 Å². The Morgan fingerprint density at radius 2 is 2.11 bits per heavy atom. The van der Waals surface area contributed by atoms with Crippen LogP contribution in [0.5, 0.6) is 11.5 Å². The third-order valence-corrected chi connectivity index (χ3v) is 2.91. The van der Waals surface area contributed by atoms with Gasteiger partial charge in [-0.3, -0.25) is 0 Å². The van der Waals surface area contributed by atoms with Crippen LogP contribution >= 0.6 is 0 Å². The lowest BCUT2D eigenvalue weighted by atomic mass is 9.98. The number of hydrogen-bond acceptors (Lipinski definition) is 3. The molecule has 1 heterocycles. The summed E-state index contributed by atoms with van der Waals surface area (Å²) in [7, 11) is 1.59. The summed E-state index contributed by atoms with van der Waals surface area (Å²) >= 11 is 0. The largest absolute Gasteiger partial charge is 0.496 e. The van der Waals surface area contributed by atoms with Gasteiger partial charge in [-0.1, -0.05) is 0 Å². The summed E-state index contributed by atoms with van der Waals surface area (Å²) in [6.45, 7) is 6.79. The van der Waals surface area contributed by atoms with E-state index < -0.39 is 0 Å². The number of halogens is 1. The topological polar surface area (TPSA) is 30.5 Å². The molecule has 0 fully saturated rings. The first-order valence-corrected chi connectivity index (χ1v) is 6.16. The predicted octanol–water partition coefficient (Wildman–Crippen LogP) is 2.53. The highest BCUT2D eigenvalue weighted by atomic mass is 19.1.